The van der Waals surface area contributed by atoms with Gasteiger partial charge in [-0.3, -0.25) is 4.99 Å². The van der Waals surface area contributed by atoms with Gasteiger partial charge in [0.05, 0.1) is 24.8 Å². The van der Waals surface area contributed by atoms with E-state index in [1.807, 2.05) is 13.2 Å². The van der Waals surface area contributed by atoms with Crippen molar-refractivity contribution in [2.24, 2.45) is 4.99 Å². The Morgan fingerprint density at radius 1 is 1.52 bits per heavy atom. The summed E-state index contributed by atoms with van der Waals surface area (Å²) >= 11 is 1.76. The Labute approximate surface area is 147 Å². The number of ether oxygens (including phenoxy) is 1. The second-order valence-corrected chi connectivity index (χ2v) is 6.56. The number of nitrogens with one attached hydrogen (secondary N) is 2. The number of nitrogens with zero attached hydrogens (tertiary/aromatic N) is 2. The van der Waals surface area contributed by atoms with Crippen molar-refractivity contribution < 1.29 is 4.74 Å². The fourth-order valence-corrected chi connectivity index (χ4v) is 3.71. The highest BCUT2D eigenvalue weighted by Crippen LogP contribution is 2.34. The van der Waals surface area contributed by atoms with Crippen LogP contribution in [0.2, 0.25) is 0 Å². The van der Waals surface area contributed by atoms with Gasteiger partial charge in [0.1, 0.15) is 5.01 Å². The topological polar surface area (TPSA) is 58.5 Å². The second kappa shape index (κ2) is 7.73. The third kappa shape index (κ3) is 4.07. The van der Waals surface area contributed by atoms with E-state index < -0.39 is 0 Å². The molecule has 2 fully saturated rings. The summed E-state index contributed by atoms with van der Waals surface area (Å²) in [6, 6.07) is 0.405. The van der Waals surface area contributed by atoms with Gasteiger partial charge in [0.2, 0.25) is 0 Å². The summed E-state index contributed by atoms with van der Waals surface area (Å²) in [5, 5.41) is 7.93. The molecule has 118 valence electrons. The maximum absolute atomic E-state index is 5.86. The summed E-state index contributed by atoms with van der Waals surface area (Å²) in [4.78, 5) is 10.0. The maximum Gasteiger partial charge on any atom is 0.191 e. The zero-order valence-corrected chi connectivity index (χ0v) is 15.6. The Balaban J connectivity index is 0.00000161. The van der Waals surface area contributed by atoms with E-state index in [9.17, 15) is 0 Å². The van der Waals surface area contributed by atoms with Gasteiger partial charge in [-0.05, 0) is 25.7 Å². The standard InChI is InChI=1S/C14H22N4OS.HI/c1-3-10-7-16-13(20-10)8-17-14(15-2)18-11-6-9-4-5-12(11)19-9;/h7,9,11-12H,3-6,8H2,1-2H3,(H2,15,17,18);1H. The molecule has 3 unspecified atom stereocenters. The number of hydrogen-bond acceptors (Lipinski definition) is 4. The molecule has 1 aromatic heterocycles. The lowest BCUT2D eigenvalue weighted by Crippen LogP contribution is -2.47. The van der Waals surface area contributed by atoms with E-state index in [0.29, 0.717) is 18.2 Å². The molecule has 7 heteroatoms. The van der Waals surface area contributed by atoms with E-state index in [0.717, 1.165) is 30.4 Å². The lowest BCUT2D eigenvalue weighted by atomic mass is 9.96. The van der Waals surface area contributed by atoms with E-state index in [1.165, 1.54) is 17.7 Å². The van der Waals surface area contributed by atoms with Crippen molar-refractivity contribution in [2.45, 2.75) is 57.4 Å². The van der Waals surface area contributed by atoms with Crippen molar-refractivity contribution in [3.05, 3.63) is 16.1 Å². The number of thiazole rings is 1. The van der Waals surface area contributed by atoms with Gasteiger partial charge < -0.3 is 15.4 Å². The molecular weight excluding hydrogens is 399 g/mol. The van der Waals surface area contributed by atoms with Crippen molar-refractivity contribution in [1.82, 2.24) is 15.6 Å². The van der Waals surface area contributed by atoms with E-state index in [1.54, 1.807) is 11.3 Å². The van der Waals surface area contributed by atoms with Gasteiger partial charge in [0, 0.05) is 18.1 Å². The van der Waals surface area contributed by atoms with Gasteiger partial charge in [-0.25, -0.2) is 4.98 Å². The number of aryl methyl sites for hydroxylation is 1. The first-order valence-electron chi connectivity index (χ1n) is 7.34. The third-order valence-electron chi connectivity index (χ3n) is 4.01. The number of rotatable bonds is 4. The molecular formula is C14H23IN4OS. The lowest BCUT2D eigenvalue weighted by molar-refractivity contribution is 0.0992. The van der Waals surface area contributed by atoms with Gasteiger partial charge in [0.25, 0.3) is 0 Å². The molecule has 3 heterocycles. The van der Waals surface area contributed by atoms with E-state index >= 15 is 0 Å². The fraction of sp³-hybridized carbons (Fsp3) is 0.714. The first-order chi connectivity index (χ1) is 9.78. The van der Waals surface area contributed by atoms with Crippen LogP contribution >= 0.6 is 35.3 Å². The van der Waals surface area contributed by atoms with Crippen LogP contribution in [-0.2, 0) is 17.7 Å². The Hall–Kier alpha value is -0.410. The van der Waals surface area contributed by atoms with E-state index in [4.69, 9.17) is 4.74 Å². The van der Waals surface area contributed by atoms with Gasteiger partial charge >= 0.3 is 0 Å². The lowest BCUT2D eigenvalue weighted by Gasteiger charge is -2.22. The predicted octanol–water partition coefficient (Wildman–Crippen LogP) is 2.31. The number of aromatic nitrogens is 1. The van der Waals surface area contributed by atoms with Crippen LogP contribution in [0, 0.1) is 0 Å². The zero-order chi connectivity index (χ0) is 13.9. The van der Waals surface area contributed by atoms with Crippen molar-refractivity contribution in [3.8, 4) is 0 Å². The summed E-state index contributed by atoms with van der Waals surface area (Å²) in [6.07, 6.45) is 7.32. The maximum atomic E-state index is 5.86. The predicted molar refractivity (Wildman–Crippen MR) is 96.5 cm³/mol. The number of halogens is 1. The highest BCUT2D eigenvalue weighted by Gasteiger charge is 2.41. The first-order valence-corrected chi connectivity index (χ1v) is 8.16. The molecule has 0 saturated carbocycles. The molecule has 1 aromatic rings. The number of guanidine groups is 1. The molecule has 0 spiro atoms. The largest absolute Gasteiger partial charge is 0.373 e. The Bertz CT molecular complexity index is 493. The molecule has 3 rings (SSSR count). The molecule has 5 nitrogen and oxygen atoms in total. The highest BCUT2D eigenvalue weighted by molar-refractivity contribution is 14.0. The molecule has 2 aliphatic heterocycles. The van der Waals surface area contributed by atoms with Crippen LogP contribution in [0.25, 0.3) is 0 Å². The minimum absolute atomic E-state index is 0. The average molecular weight is 422 g/mol. The summed E-state index contributed by atoms with van der Waals surface area (Å²) < 4.78 is 5.86. The van der Waals surface area contributed by atoms with Gasteiger partial charge in [-0.15, -0.1) is 35.3 Å². The molecule has 2 N–H and O–H groups in total. The third-order valence-corrected chi connectivity index (χ3v) is 5.15. The van der Waals surface area contributed by atoms with Crippen molar-refractivity contribution in [3.63, 3.8) is 0 Å². The molecule has 2 saturated heterocycles. The molecule has 0 aliphatic carbocycles. The van der Waals surface area contributed by atoms with Gasteiger partial charge in [-0.2, -0.15) is 0 Å². The minimum atomic E-state index is 0. The molecule has 21 heavy (non-hydrogen) atoms. The minimum Gasteiger partial charge on any atom is -0.373 e. The average Bonchev–Trinajstić information content (AvgIpc) is 3.19. The smallest absolute Gasteiger partial charge is 0.191 e. The second-order valence-electron chi connectivity index (χ2n) is 5.36. The van der Waals surface area contributed by atoms with E-state index in [2.05, 4.69) is 27.5 Å². The van der Waals surface area contributed by atoms with Crippen LogP contribution in [0.3, 0.4) is 0 Å². The monoisotopic (exact) mass is 422 g/mol. The Morgan fingerprint density at radius 3 is 2.95 bits per heavy atom. The molecule has 0 aromatic carbocycles. The van der Waals surface area contributed by atoms with Crippen LogP contribution in [0.15, 0.2) is 11.2 Å². The molecule has 3 atom stereocenters. The van der Waals surface area contributed by atoms with Crippen LogP contribution in [0.5, 0.6) is 0 Å². The summed E-state index contributed by atoms with van der Waals surface area (Å²) in [7, 11) is 1.81. The SMILES string of the molecule is CCc1cnc(CNC(=NC)NC2CC3CCC2O3)s1.I. The molecule has 0 amide bonds. The number of aliphatic imine (C=N–C) groups is 1. The fourth-order valence-electron chi connectivity index (χ4n) is 2.91. The molecule has 0 radical (unpaired) electrons. The Morgan fingerprint density at radius 2 is 2.38 bits per heavy atom. The Kier molecular flexibility index (Phi) is 6.24. The summed E-state index contributed by atoms with van der Waals surface area (Å²) in [5.74, 6) is 0.847. The van der Waals surface area contributed by atoms with Crippen molar-refractivity contribution >= 4 is 41.3 Å². The summed E-state index contributed by atoms with van der Waals surface area (Å²) in [6.45, 7) is 2.88. The zero-order valence-electron chi connectivity index (χ0n) is 12.5. The van der Waals surface area contributed by atoms with Gasteiger partial charge in [0.15, 0.2) is 5.96 Å². The van der Waals surface area contributed by atoms with Crippen LogP contribution in [-0.4, -0.2) is 36.2 Å². The van der Waals surface area contributed by atoms with Crippen LogP contribution in [0.1, 0.15) is 36.1 Å². The first kappa shape index (κ1) is 17.0. The van der Waals surface area contributed by atoms with Crippen molar-refractivity contribution in [2.75, 3.05) is 7.05 Å². The number of hydrogen-bond donors (Lipinski definition) is 2. The van der Waals surface area contributed by atoms with Gasteiger partial charge in [-0.1, -0.05) is 6.92 Å². The number of fused-ring (bicyclic) bond motifs is 2. The molecule has 2 bridgehead atoms. The summed E-state index contributed by atoms with van der Waals surface area (Å²) in [5.41, 5.74) is 0. The van der Waals surface area contributed by atoms with Crippen molar-refractivity contribution in [1.29, 1.82) is 0 Å². The highest BCUT2D eigenvalue weighted by atomic mass is 127. The quantitative estimate of drug-likeness (QED) is 0.444. The van der Waals surface area contributed by atoms with Crippen LogP contribution < -0.4 is 10.6 Å². The van der Waals surface area contributed by atoms with E-state index in [-0.39, 0.29) is 24.0 Å². The normalized spacial score (nSPS) is 27.5. The molecule has 2 aliphatic rings. The van der Waals surface area contributed by atoms with Crippen LogP contribution in [0.4, 0.5) is 0 Å².